The number of hydrogen-bond donors (Lipinski definition) is 0. The van der Waals surface area contributed by atoms with Crippen molar-refractivity contribution in [2.75, 3.05) is 12.4 Å². The molecule has 0 radical (unpaired) electrons. The monoisotopic (exact) mass is 301 g/mol. The highest BCUT2D eigenvalue weighted by atomic mass is 35.5. The van der Waals surface area contributed by atoms with Crippen molar-refractivity contribution in [3.05, 3.63) is 34.9 Å². The van der Waals surface area contributed by atoms with Crippen molar-refractivity contribution in [1.82, 2.24) is 4.90 Å². The van der Waals surface area contributed by atoms with E-state index in [1.807, 2.05) is 29.2 Å². The van der Waals surface area contributed by atoms with E-state index in [9.17, 15) is 4.79 Å². The van der Waals surface area contributed by atoms with Crippen LogP contribution in [0.1, 0.15) is 32.3 Å². The highest BCUT2D eigenvalue weighted by Crippen LogP contribution is 2.15. The maximum atomic E-state index is 12.4. The smallest absolute Gasteiger partial charge is 0.227 e. The number of hydrogen-bond acceptors (Lipinski definition) is 1. The minimum atomic E-state index is 0.122. The van der Waals surface area contributed by atoms with E-state index in [0.717, 1.165) is 18.4 Å². The lowest BCUT2D eigenvalue weighted by Crippen LogP contribution is -2.41. The molecule has 2 nitrogen and oxygen atoms in total. The molecule has 0 spiro atoms. The van der Waals surface area contributed by atoms with Crippen LogP contribution >= 0.6 is 23.2 Å². The molecule has 0 aromatic heterocycles. The predicted molar refractivity (Wildman–Crippen MR) is 82.0 cm³/mol. The molecule has 0 heterocycles. The molecule has 0 aliphatic rings. The van der Waals surface area contributed by atoms with Crippen molar-refractivity contribution >= 4 is 29.1 Å². The fourth-order valence-corrected chi connectivity index (χ4v) is 2.65. The van der Waals surface area contributed by atoms with Crippen molar-refractivity contribution < 1.29 is 4.79 Å². The van der Waals surface area contributed by atoms with Crippen LogP contribution in [0.5, 0.6) is 0 Å². The Morgan fingerprint density at radius 3 is 2.53 bits per heavy atom. The topological polar surface area (TPSA) is 20.3 Å². The number of alkyl halides is 1. The largest absolute Gasteiger partial charge is 0.338 e. The van der Waals surface area contributed by atoms with Crippen LogP contribution in [-0.2, 0) is 11.2 Å². The van der Waals surface area contributed by atoms with Crippen LogP contribution in [-0.4, -0.2) is 29.3 Å². The summed E-state index contributed by atoms with van der Waals surface area (Å²) in [7, 11) is 0. The van der Waals surface area contributed by atoms with Gasteiger partial charge < -0.3 is 4.90 Å². The van der Waals surface area contributed by atoms with Gasteiger partial charge in [0.05, 0.1) is 6.42 Å². The van der Waals surface area contributed by atoms with Crippen molar-refractivity contribution in [1.29, 1.82) is 0 Å². The molecule has 0 bridgehead atoms. The minimum absolute atomic E-state index is 0.122. The molecule has 0 aliphatic carbocycles. The lowest BCUT2D eigenvalue weighted by Gasteiger charge is -2.30. The van der Waals surface area contributed by atoms with E-state index in [2.05, 4.69) is 13.8 Å². The van der Waals surface area contributed by atoms with E-state index < -0.39 is 0 Å². The number of nitrogens with zero attached hydrogens (tertiary/aromatic N) is 1. The van der Waals surface area contributed by atoms with Crippen molar-refractivity contribution in [3.63, 3.8) is 0 Å². The average Bonchev–Trinajstić information content (AvgIpc) is 2.39. The molecule has 1 aromatic rings. The molecular formula is C15H21Cl2NO. The predicted octanol–water partition coefficient (Wildman–Crippen LogP) is 4.14. The van der Waals surface area contributed by atoms with Gasteiger partial charge >= 0.3 is 0 Å². The van der Waals surface area contributed by atoms with Crippen LogP contribution < -0.4 is 0 Å². The summed E-state index contributed by atoms with van der Waals surface area (Å²) in [4.78, 5) is 14.3. The van der Waals surface area contributed by atoms with E-state index in [1.54, 1.807) is 0 Å². The average molecular weight is 302 g/mol. The van der Waals surface area contributed by atoms with Crippen LogP contribution in [0.3, 0.4) is 0 Å². The van der Waals surface area contributed by atoms with E-state index in [0.29, 0.717) is 23.9 Å². The maximum absolute atomic E-state index is 12.4. The number of amides is 1. The van der Waals surface area contributed by atoms with Crippen molar-refractivity contribution in [3.8, 4) is 0 Å². The second-order valence-electron chi connectivity index (χ2n) is 4.55. The van der Waals surface area contributed by atoms with Crippen LogP contribution in [0.25, 0.3) is 0 Å². The van der Waals surface area contributed by atoms with Crippen LogP contribution in [0.4, 0.5) is 0 Å². The normalized spacial score (nSPS) is 10.8. The van der Waals surface area contributed by atoms with Gasteiger partial charge in [0.15, 0.2) is 0 Å². The standard InChI is InChI=1S/C15H21Cl2NO/c1-3-14(4-2)18(9-8-16)15(19)11-12-6-5-7-13(17)10-12/h5-7,10,14H,3-4,8-9,11H2,1-2H3. The first-order valence-electron chi connectivity index (χ1n) is 6.72. The van der Waals surface area contributed by atoms with Crippen molar-refractivity contribution in [2.45, 2.75) is 39.2 Å². The van der Waals surface area contributed by atoms with Gasteiger partial charge in [-0.15, -0.1) is 11.6 Å². The summed E-state index contributed by atoms with van der Waals surface area (Å²) in [5.41, 5.74) is 0.947. The summed E-state index contributed by atoms with van der Waals surface area (Å²) < 4.78 is 0. The second kappa shape index (κ2) is 8.44. The number of carbonyl (C=O) groups excluding carboxylic acids is 1. The van der Waals surface area contributed by atoms with Gasteiger partial charge in [-0.05, 0) is 30.5 Å². The molecule has 1 amide bonds. The summed E-state index contributed by atoms with van der Waals surface area (Å²) >= 11 is 11.8. The third-order valence-corrected chi connectivity index (χ3v) is 3.68. The third kappa shape index (κ3) is 5.04. The SMILES string of the molecule is CCC(CC)N(CCCl)C(=O)Cc1cccc(Cl)c1. The van der Waals surface area contributed by atoms with Crippen LogP contribution in [0, 0.1) is 0 Å². The lowest BCUT2D eigenvalue weighted by atomic mass is 10.1. The van der Waals surface area contributed by atoms with Crippen LogP contribution in [0.15, 0.2) is 24.3 Å². The number of rotatable bonds is 7. The molecule has 19 heavy (non-hydrogen) atoms. The van der Waals surface area contributed by atoms with Gasteiger partial charge in [0.25, 0.3) is 0 Å². The van der Waals surface area contributed by atoms with Crippen molar-refractivity contribution in [2.24, 2.45) is 0 Å². The Hall–Kier alpha value is -0.730. The Morgan fingerprint density at radius 2 is 2.00 bits per heavy atom. The number of halogens is 2. The summed E-state index contributed by atoms with van der Waals surface area (Å²) in [6, 6.07) is 7.72. The zero-order valence-corrected chi connectivity index (χ0v) is 13.0. The number of carbonyl (C=O) groups is 1. The Morgan fingerprint density at radius 1 is 1.32 bits per heavy atom. The quantitative estimate of drug-likeness (QED) is 0.693. The summed E-state index contributed by atoms with van der Waals surface area (Å²) in [5.74, 6) is 0.592. The molecule has 106 valence electrons. The second-order valence-corrected chi connectivity index (χ2v) is 5.37. The molecule has 0 saturated carbocycles. The highest BCUT2D eigenvalue weighted by Gasteiger charge is 2.20. The summed E-state index contributed by atoms with van der Waals surface area (Å²) in [5, 5.41) is 0.664. The maximum Gasteiger partial charge on any atom is 0.227 e. The molecule has 0 aliphatic heterocycles. The van der Waals surface area contributed by atoms with Gasteiger partial charge in [-0.3, -0.25) is 4.79 Å². The minimum Gasteiger partial charge on any atom is -0.338 e. The highest BCUT2D eigenvalue weighted by molar-refractivity contribution is 6.30. The molecule has 0 atom stereocenters. The Bertz CT molecular complexity index is 405. The lowest BCUT2D eigenvalue weighted by molar-refractivity contribution is -0.132. The molecule has 0 unspecified atom stereocenters. The first-order chi connectivity index (χ1) is 9.12. The number of benzene rings is 1. The van der Waals surface area contributed by atoms with Gasteiger partial charge in [-0.25, -0.2) is 0 Å². The summed E-state index contributed by atoms with van der Waals surface area (Å²) in [6.07, 6.45) is 2.29. The summed E-state index contributed by atoms with van der Waals surface area (Å²) in [6.45, 7) is 4.80. The zero-order valence-electron chi connectivity index (χ0n) is 11.5. The van der Waals surface area contributed by atoms with Gasteiger partial charge in [-0.2, -0.15) is 0 Å². The molecule has 1 aromatic carbocycles. The molecular weight excluding hydrogens is 281 g/mol. The third-order valence-electron chi connectivity index (χ3n) is 3.27. The molecule has 0 N–H and O–H groups in total. The molecule has 4 heteroatoms. The Kier molecular flexibility index (Phi) is 7.25. The fourth-order valence-electron chi connectivity index (χ4n) is 2.25. The molecule has 0 fully saturated rings. The van der Waals surface area contributed by atoms with Crippen LogP contribution in [0.2, 0.25) is 5.02 Å². The molecule has 1 rings (SSSR count). The van der Waals surface area contributed by atoms with Gasteiger partial charge in [0.1, 0.15) is 0 Å². The van der Waals surface area contributed by atoms with Gasteiger partial charge in [0, 0.05) is 23.5 Å². The molecule has 0 saturated heterocycles. The first kappa shape index (κ1) is 16.3. The van der Waals surface area contributed by atoms with E-state index in [-0.39, 0.29) is 11.9 Å². The van der Waals surface area contributed by atoms with E-state index in [1.165, 1.54) is 0 Å². The first-order valence-corrected chi connectivity index (χ1v) is 7.63. The Balaban J connectivity index is 2.76. The van der Waals surface area contributed by atoms with Gasteiger partial charge in [0.2, 0.25) is 5.91 Å². The van der Waals surface area contributed by atoms with E-state index >= 15 is 0 Å². The van der Waals surface area contributed by atoms with E-state index in [4.69, 9.17) is 23.2 Å². The zero-order chi connectivity index (χ0) is 14.3. The van der Waals surface area contributed by atoms with Gasteiger partial charge in [-0.1, -0.05) is 37.6 Å². The Labute approximate surface area is 125 Å². The fraction of sp³-hybridized carbons (Fsp3) is 0.533.